The van der Waals surface area contributed by atoms with Crippen LogP contribution in [0, 0.1) is 4.77 Å². The van der Waals surface area contributed by atoms with Gasteiger partial charge in [-0.1, -0.05) is 18.2 Å². The van der Waals surface area contributed by atoms with E-state index in [1.165, 1.54) is 29.9 Å². The molecule has 20 heavy (non-hydrogen) atoms. The van der Waals surface area contributed by atoms with Crippen molar-refractivity contribution >= 4 is 12.2 Å². The van der Waals surface area contributed by atoms with E-state index in [0.717, 1.165) is 6.07 Å². The number of benzene rings is 1. The molecule has 1 aromatic heterocycles. The number of hydrogen-bond acceptors (Lipinski definition) is 3. The van der Waals surface area contributed by atoms with Gasteiger partial charge in [-0.15, -0.1) is 0 Å². The Kier molecular flexibility index (Phi) is 4.24. The molecule has 0 fully saturated rings. The topological polar surface area (TPSA) is 42.8 Å². The summed E-state index contributed by atoms with van der Waals surface area (Å²) < 4.78 is 45.8. The zero-order valence-corrected chi connectivity index (χ0v) is 11.4. The van der Waals surface area contributed by atoms with Crippen LogP contribution in [0.25, 0.3) is 11.4 Å². The molecule has 0 saturated heterocycles. The molecule has 1 aromatic carbocycles. The Hall–Kier alpha value is -1.67. The Morgan fingerprint density at radius 1 is 1.35 bits per heavy atom. The van der Waals surface area contributed by atoms with Crippen LogP contribution in [0.2, 0.25) is 0 Å². The van der Waals surface area contributed by atoms with Gasteiger partial charge in [-0.3, -0.25) is 9.67 Å². The molecule has 0 spiro atoms. The molecule has 1 N–H and O–H groups in total. The minimum Gasteiger partial charge on any atom is -0.383 e. The van der Waals surface area contributed by atoms with E-state index in [2.05, 4.69) is 10.2 Å². The molecule has 1 heterocycles. The summed E-state index contributed by atoms with van der Waals surface area (Å²) in [5, 5.41) is 6.42. The molecule has 108 valence electrons. The molecule has 4 nitrogen and oxygen atoms in total. The van der Waals surface area contributed by atoms with Crippen molar-refractivity contribution in [1.82, 2.24) is 14.8 Å². The van der Waals surface area contributed by atoms with Gasteiger partial charge in [0.15, 0.2) is 10.6 Å². The first kappa shape index (κ1) is 14.7. The number of H-pyrrole nitrogens is 1. The second-order valence-electron chi connectivity index (χ2n) is 4.04. The standard InChI is InChI=1S/C12H12F3N3OS/c1-19-7-6-18-10(16-17-11(18)20)8-4-2-3-5-9(8)12(13,14)15/h2-5H,6-7H2,1H3,(H,17,20). The fourth-order valence-corrected chi connectivity index (χ4v) is 2.06. The lowest BCUT2D eigenvalue weighted by atomic mass is 10.1. The van der Waals surface area contributed by atoms with Crippen LogP contribution in [-0.2, 0) is 17.5 Å². The number of nitrogens with one attached hydrogen (secondary N) is 1. The summed E-state index contributed by atoms with van der Waals surface area (Å²) in [7, 11) is 1.51. The highest BCUT2D eigenvalue weighted by molar-refractivity contribution is 7.71. The number of aromatic nitrogens is 3. The first-order valence-electron chi connectivity index (χ1n) is 5.76. The van der Waals surface area contributed by atoms with Gasteiger partial charge in [0.2, 0.25) is 0 Å². The summed E-state index contributed by atoms with van der Waals surface area (Å²) in [5.74, 6) is 0.153. The molecular formula is C12H12F3N3OS. The number of halogens is 3. The minimum absolute atomic E-state index is 0.0107. The molecule has 0 aliphatic carbocycles. The van der Waals surface area contributed by atoms with Crippen LogP contribution in [0.3, 0.4) is 0 Å². The van der Waals surface area contributed by atoms with Gasteiger partial charge >= 0.3 is 6.18 Å². The maximum atomic E-state index is 13.0. The van der Waals surface area contributed by atoms with Crippen molar-refractivity contribution in [2.45, 2.75) is 12.7 Å². The molecule has 2 rings (SSSR count). The van der Waals surface area contributed by atoms with Crippen LogP contribution < -0.4 is 0 Å². The lowest BCUT2D eigenvalue weighted by Crippen LogP contribution is -2.11. The predicted octanol–water partition coefficient (Wildman–Crippen LogP) is 3.27. The Bertz CT molecular complexity index is 648. The first-order chi connectivity index (χ1) is 9.45. The predicted molar refractivity (Wildman–Crippen MR) is 69.7 cm³/mol. The number of ether oxygens (including phenoxy) is 1. The lowest BCUT2D eigenvalue weighted by molar-refractivity contribution is -0.137. The van der Waals surface area contributed by atoms with E-state index in [1.807, 2.05) is 0 Å². The highest BCUT2D eigenvalue weighted by atomic mass is 32.1. The van der Waals surface area contributed by atoms with Gasteiger partial charge in [0, 0.05) is 12.7 Å². The van der Waals surface area contributed by atoms with Crippen LogP contribution in [-0.4, -0.2) is 28.5 Å². The molecule has 0 atom stereocenters. The molecular weight excluding hydrogens is 291 g/mol. The van der Waals surface area contributed by atoms with Crippen molar-refractivity contribution < 1.29 is 17.9 Å². The van der Waals surface area contributed by atoms with E-state index < -0.39 is 11.7 Å². The molecule has 0 unspecified atom stereocenters. The van der Waals surface area contributed by atoms with E-state index in [9.17, 15) is 13.2 Å². The zero-order chi connectivity index (χ0) is 14.8. The normalized spacial score (nSPS) is 11.8. The Morgan fingerprint density at radius 3 is 2.70 bits per heavy atom. The smallest absolute Gasteiger partial charge is 0.383 e. The summed E-state index contributed by atoms with van der Waals surface area (Å²) in [6.45, 7) is 0.655. The van der Waals surface area contributed by atoms with Crippen molar-refractivity contribution in [3.63, 3.8) is 0 Å². The second kappa shape index (κ2) is 5.76. The number of methoxy groups -OCH3 is 1. The Morgan fingerprint density at radius 2 is 2.05 bits per heavy atom. The molecule has 0 aliphatic rings. The van der Waals surface area contributed by atoms with Gasteiger partial charge in [-0.05, 0) is 18.3 Å². The summed E-state index contributed by atoms with van der Waals surface area (Å²) in [5.41, 5.74) is -0.754. The van der Waals surface area contributed by atoms with E-state index in [0.29, 0.717) is 13.2 Å². The van der Waals surface area contributed by atoms with Gasteiger partial charge in [0.1, 0.15) is 0 Å². The quantitative estimate of drug-likeness (QED) is 0.882. The molecule has 2 aromatic rings. The number of rotatable bonds is 4. The SMILES string of the molecule is COCCn1c(-c2ccccc2C(F)(F)F)n[nH]c1=S. The Balaban J connectivity index is 2.55. The van der Waals surface area contributed by atoms with Crippen LogP contribution in [0.15, 0.2) is 24.3 Å². The fourth-order valence-electron chi connectivity index (χ4n) is 1.84. The molecule has 0 bridgehead atoms. The van der Waals surface area contributed by atoms with E-state index in [4.69, 9.17) is 17.0 Å². The molecule has 8 heteroatoms. The number of hydrogen-bond donors (Lipinski definition) is 1. The van der Waals surface area contributed by atoms with Crippen molar-refractivity contribution in [3.05, 3.63) is 34.6 Å². The highest BCUT2D eigenvalue weighted by Crippen LogP contribution is 2.36. The monoisotopic (exact) mass is 303 g/mol. The molecule has 0 aliphatic heterocycles. The van der Waals surface area contributed by atoms with E-state index >= 15 is 0 Å². The molecule has 0 radical (unpaired) electrons. The van der Waals surface area contributed by atoms with Crippen molar-refractivity contribution in [3.8, 4) is 11.4 Å². The number of aromatic amines is 1. The Labute approximate surface area is 118 Å². The van der Waals surface area contributed by atoms with Crippen LogP contribution in [0.1, 0.15) is 5.56 Å². The largest absolute Gasteiger partial charge is 0.417 e. The van der Waals surface area contributed by atoms with Crippen LogP contribution in [0.4, 0.5) is 13.2 Å². The third kappa shape index (κ3) is 2.91. The average molecular weight is 303 g/mol. The second-order valence-corrected chi connectivity index (χ2v) is 4.43. The van der Waals surface area contributed by atoms with Gasteiger partial charge in [0.05, 0.1) is 18.7 Å². The summed E-state index contributed by atoms with van der Waals surface area (Å²) in [6, 6.07) is 5.26. The van der Waals surface area contributed by atoms with Gasteiger partial charge in [0.25, 0.3) is 0 Å². The van der Waals surface area contributed by atoms with Gasteiger partial charge in [-0.2, -0.15) is 18.3 Å². The third-order valence-electron chi connectivity index (χ3n) is 2.75. The van der Waals surface area contributed by atoms with Crippen molar-refractivity contribution in [2.24, 2.45) is 0 Å². The van der Waals surface area contributed by atoms with E-state index in [1.54, 1.807) is 0 Å². The van der Waals surface area contributed by atoms with Gasteiger partial charge in [-0.25, -0.2) is 0 Å². The number of nitrogens with zero attached hydrogens (tertiary/aromatic N) is 2. The van der Waals surface area contributed by atoms with Crippen molar-refractivity contribution in [2.75, 3.05) is 13.7 Å². The van der Waals surface area contributed by atoms with Gasteiger partial charge < -0.3 is 4.74 Å². The van der Waals surface area contributed by atoms with E-state index in [-0.39, 0.29) is 16.2 Å². The average Bonchev–Trinajstić information content (AvgIpc) is 2.76. The number of alkyl halides is 3. The zero-order valence-electron chi connectivity index (χ0n) is 10.6. The van der Waals surface area contributed by atoms with Crippen molar-refractivity contribution in [1.29, 1.82) is 0 Å². The maximum Gasteiger partial charge on any atom is 0.417 e. The summed E-state index contributed by atoms with van der Waals surface area (Å²) >= 11 is 5.03. The molecule has 0 amide bonds. The lowest BCUT2D eigenvalue weighted by Gasteiger charge is -2.13. The maximum absolute atomic E-state index is 13.0. The van der Waals surface area contributed by atoms with Crippen LogP contribution >= 0.6 is 12.2 Å². The highest BCUT2D eigenvalue weighted by Gasteiger charge is 2.34. The molecule has 0 saturated carbocycles. The third-order valence-corrected chi connectivity index (χ3v) is 3.06. The minimum atomic E-state index is -4.45. The summed E-state index contributed by atoms with van der Waals surface area (Å²) in [6.07, 6.45) is -4.45. The summed E-state index contributed by atoms with van der Waals surface area (Å²) in [4.78, 5) is 0. The first-order valence-corrected chi connectivity index (χ1v) is 6.16. The fraction of sp³-hybridized carbons (Fsp3) is 0.333. The van der Waals surface area contributed by atoms with Crippen LogP contribution in [0.5, 0.6) is 0 Å².